The molecule has 16 heavy (non-hydrogen) atoms. The van der Waals surface area contributed by atoms with Gasteiger partial charge in [0, 0.05) is 38.9 Å². The van der Waals surface area contributed by atoms with E-state index in [1.807, 2.05) is 72.3 Å². The van der Waals surface area contributed by atoms with Gasteiger partial charge in [0.15, 0.2) is 0 Å². The second kappa shape index (κ2) is 4.61. The summed E-state index contributed by atoms with van der Waals surface area (Å²) in [6.45, 7) is 0. The Morgan fingerprint density at radius 1 is 0.688 bits per heavy atom. The molecular weight excluding hydrogens is 200 g/mol. The summed E-state index contributed by atoms with van der Waals surface area (Å²) in [6.07, 6.45) is 7.78. The van der Waals surface area contributed by atoms with Gasteiger partial charge in [-0.05, 0) is 24.3 Å². The number of hydrogen-bond donors (Lipinski definition) is 0. The van der Waals surface area contributed by atoms with Crippen LogP contribution in [0.1, 0.15) is 0 Å². The van der Waals surface area contributed by atoms with Crippen molar-refractivity contribution in [3.8, 4) is 0 Å². The molecule has 0 aliphatic heterocycles. The van der Waals surface area contributed by atoms with E-state index >= 15 is 0 Å². The van der Waals surface area contributed by atoms with Gasteiger partial charge in [0.2, 0.25) is 0 Å². The monoisotopic (exact) mass is 214 g/mol. The normalized spacial score (nSPS) is 9.88. The van der Waals surface area contributed by atoms with Gasteiger partial charge in [0.25, 0.3) is 0 Å². The molecule has 0 N–H and O–H groups in total. The lowest BCUT2D eigenvalue weighted by atomic mass is 10.4. The van der Waals surface area contributed by atoms with E-state index in [4.69, 9.17) is 0 Å². The fourth-order valence-corrected chi connectivity index (χ4v) is 1.24. The van der Waals surface area contributed by atoms with Gasteiger partial charge < -0.3 is 9.13 Å². The van der Waals surface area contributed by atoms with Gasteiger partial charge in [-0.1, -0.05) is 0 Å². The first kappa shape index (κ1) is 10.4. The third kappa shape index (κ3) is 2.70. The summed E-state index contributed by atoms with van der Waals surface area (Å²) < 4.78 is 3.92. The van der Waals surface area contributed by atoms with E-state index in [0.29, 0.717) is 0 Å². The Morgan fingerprint density at radius 2 is 1.00 bits per heavy atom. The van der Waals surface area contributed by atoms with Crippen LogP contribution in [0.3, 0.4) is 0 Å². The fourth-order valence-electron chi connectivity index (χ4n) is 1.24. The largest absolute Gasteiger partial charge is 0.357 e. The molecule has 2 rings (SSSR count). The van der Waals surface area contributed by atoms with Gasteiger partial charge in [-0.2, -0.15) is 10.2 Å². The van der Waals surface area contributed by atoms with Crippen LogP contribution in [0.5, 0.6) is 0 Å². The van der Waals surface area contributed by atoms with E-state index < -0.39 is 0 Å². The quantitative estimate of drug-likeness (QED) is 0.629. The Kier molecular flexibility index (Phi) is 3.00. The van der Waals surface area contributed by atoms with Crippen LogP contribution in [0.4, 0.5) is 0 Å². The summed E-state index contributed by atoms with van der Waals surface area (Å²) in [6, 6.07) is 7.69. The fraction of sp³-hybridized carbons (Fsp3) is 0.167. The first-order valence-electron chi connectivity index (χ1n) is 5.06. The van der Waals surface area contributed by atoms with E-state index in [1.165, 1.54) is 0 Å². The zero-order valence-electron chi connectivity index (χ0n) is 9.41. The SMILES string of the molecule is Cn1ccc(=NN=c2ccn(C)cc2)cc1. The second-order valence-corrected chi connectivity index (χ2v) is 3.64. The molecule has 0 radical (unpaired) electrons. The predicted molar refractivity (Wildman–Crippen MR) is 62.0 cm³/mol. The van der Waals surface area contributed by atoms with Crippen molar-refractivity contribution in [1.29, 1.82) is 0 Å². The van der Waals surface area contributed by atoms with Crippen LogP contribution in [-0.2, 0) is 14.1 Å². The van der Waals surface area contributed by atoms with Gasteiger partial charge in [0.1, 0.15) is 0 Å². The Labute approximate surface area is 93.8 Å². The van der Waals surface area contributed by atoms with Crippen LogP contribution in [0.2, 0.25) is 0 Å². The molecule has 0 fully saturated rings. The molecule has 2 aromatic rings. The zero-order chi connectivity index (χ0) is 11.4. The third-order valence-corrected chi connectivity index (χ3v) is 2.20. The number of nitrogens with zero attached hydrogens (tertiary/aromatic N) is 4. The number of hydrogen-bond acceptors (Lipinski definition) is 2. The van der Waals surface area contributed by atoms with Gasteiger partial charge in [-0.3, -0.25) is 0 Å². The van der Waals surface area contributed by atoms with Crippen molar-refractivity contribution in [2.75, 3.05) is 0 Å². The lowest BCUT2D eigenvalue weighted by molar-refractivity contribution is 0.885. The molecular formula is C12H14N4. The summed E-state index contributed by atoms with van der Waals surface area (Å²) >= 11 is 0. The van der Waals surface area contributed by atoms with Crippen LogP contribution >= 0.6 is 0 Å². The highest BCUT2D eigenvalue weighted by Crippen LogP contribution is 1.79. The molecule has 0 aliphatic carbocycles. The lowest BCUT2D eigenvalue weighted by Crippen LogP contribution is -2.05. The number of aromatic nitrogens is 2. The minimum Gasteiger partial charge on any atom is -0.357 e. The molecule has 82 valence electrons. The highest BCUT2D eigenvalue weighted by atomic mass is 15.2. The Hall–Kier alpha value is -2.10. The maximum absolute atomic E-state index is 4.15. The Bertz CT molecular complexity index is 508. The molecule has 0 saturated heterocycles. The molecule has 2 aromatic heterocycles. The van der Waals surface area contributed by atoms with E-state index in [0.717, 1.165) is 10.7 Å². The second-order valence-electron chi connectivity index (χ2n) is 3.64. The molecule has 4 nitrogen and oxygen atoms in total. The maximum Gasteiger partial charge on any atom is 0.0886 e. The number of rotatable bonds is 1. The van der Waals surface area contributed by atoms with Crippen LogP contribution in [0, 0.1) is 0 Å². The van der Waals surface area contributed by atoms with Gasteiger partial charge >= 0.3 is 0 Å². The minimum absolute atomic E-state index is 0.853. The van der Waals surface area contributed by atoms with Crippen LogP contribution in [0.15, 0.2) is 59.3 Å². The lowest BCUT2D eigenvalue weighted by Gasteiger charge is -1.94. The molecule has 4 heteroatoms. The van der Waals surface area contributed by atoms with Gasteiger partial charge in [-0.25, -0.2) is 0 Å². The average Bonchev–Trinajstić information content (AvgIpc) is 2.30. The number of pyridine rings is 2. The molecule has 2 heterocycles. The molecule has 0 spiro atoms. The molecule has 0 bridgehead atoms. The van der Waals surface area contributed by atoms with E-state index in [9.17, 15) is 0 Å². The average molecular weight is 214 g/mol. The Balaban J connectivity index is 2.35. The van der Waals surface area contributed by atoms with Crippen LogP contribution in [0.25, 0.3) is 0 Å². The number of aryl methyl sites for hydroxylation is 2. The Morgan fingerprint density at radius 3 is 1.31 bits per heavy atom. The highest BCUT2D eigenvalue weighted by molar-refractivity contribution is 4.94. The molecule has 0 amide bonds. The van der Waals surface area contributed by atoms with Crippen molar-refractivity contribution in [1.82, 2.24) is 9.13 Å². The van der Waals surface area contributed by atoms with E-state index in [2.05, 4.69) is 10.2 Å². The molecule has 0 saturated carbocycles. The minimum atomic E-state index is 0.853. The van der Waals surface area contributed by atoms with Crippen molar-refractivity contribution in [2.45, 2.75) is 0 Å². The van der Waals surface area contributed by atoms with Crippen molar-refractivity contribution in [3.05, 3.63) is 59.8 Å². The zero-order valence-corrected chi connectivity index (χ0v) is 9.41. The summed E-state index contributed by atoms with van der Waals surface area (Å²) in [5.74, 6) is 0. The van der Waals surface area contributed by atoms with Crippen LogP contribution in [-0.4, -0.2) is 9.13 Å². The summed E-state index contributed by atoms with van der Waals surface area (Å²) in [5.41, 5.74) is 0. The van der Waals surface area contributed by atoms with Crippen molar-refractivity contribution in [2.24, 2.45) is 24.3 Å². The van der Waals surface area contributed by atoms with E-state index in [-0.39, 0.29) is 0 Å². The first-order chi connectivity index (χ1) is 7.74. The molecule has 0 unspecified atom stereocenters. The smallest absolute Gasteiger partial charge is 0.0886 e. The van der Waals surface area contributed by atoms with Gasteiger partial charge in [0.05, 0.1) is 10.7 Å². The van der Waals surface area contributed by atoms with Crippen molar-refractivity contribution >= 4 is 0 Å². The van der Waals surface area contributed by atoms with Crippen molar-refractivity contribution in [3.63, 3.8) is 0 Å². The van der Waals surface area contributed by atoms with Crippen molar-refractivity contribution < 1.29 is 0 Å². The maximum atomic E-state index is 4.15. The highest BCUT2D eigenvalue weighted by Gasteiger charge is 1.81. The molecule has 0 aliphatic rings. The first-order valence-corrected chi connectivity index (χ1v) is 5.06. The standard InChI is InChI=1S/C12H14N4/c1-15-7-3-11(4-8-15)13-14-12-5-9-16(2)10-6-12/h3-10H,1-2H3. The van der Waals surface area contributed by atoms with Gasteiger partial charge in [-0.15, -0.1) is 0 Å². The third-order valence-electron chi connectivity index (χ3n) is 2.20. The molecule has 0 aromatic carbocycles. The summed E-state index contributed by atoms with van der Waals surface area (Å²) in [5, 5.41) is 10.0. The predicted octanol–water partition coefficient (Wildman–Crippen LogP) is 0.780. The summed E-state index contributed by atoms with van der Waals surface area (Å²) in [7, 11) is 3.94. The summed E-state index contributed by atoms with van der Waals surface area (Å²) in [4.78, 5) is 0. The topological polar surface area (TPSA) is 34.6 Å². The van der Waals surface area contributed by atoms with Crippen LogP contribution < -0.4 is 10.7 Å². The molecule has 0 atom stereocenters. The van der Waals surface area contributed by atoms with E-state index in [1.54, 1.807) is 0 Å².